The van der Waals surface area contributed by atoms with Crippen LogP contribution in [0.4, 0.5) is 14.6 Å². The fourth-order valence-corrected chi connectivity index (χ4v) is 8.37. The molecule has 5 aliphatic rings. The first-order valence-electron chi connectivity index (χ1n) is 14.7. The van der Waals surface area contributed by atoms with Gasteiger partial charge in [0.15, 0.2) is 11.0 Å². The fourth-order valence-electron chi connectivity index (χ4n) is 8.20. The van der Waals surface area contributed by atoms with Crippen LogP contribution in [0.2, 0.25) is 5.15 Å². The summed E-state index contributed by atoms with van der Waals surface area (Å²) in [6, 6.07) is -0.225. The number of fused-ring (bicyclic) bond motifs is 6. The molecule has 12 heteroatoms. The van der Waals surface area contributed by atoms with Crippen LogP contribution < -0.4 is 14.4 Å². The van der Waals surface area contributed by atoms with E-state index in [-0.39, 0.29) is 58.9 Å². The van der Waals surface area contributed by atoms with E-state index in [1.165, 1.54) is 0 Å². The summed E-state index contributed by atoms with van der Waals surface area (Å²) in [4.78, 5) is 31.2. The molecule has 2 aromatic rings. The Balaban J connectivity index is 1.28. The highest BCUT2D eigenvalue weighted by Gasteiger charge is 2.56. The average Bonchev–Trinajstić information content (AvgIpc) is 3.49. The molecule has 2 unspecified atom stereocenters. The third-order valence-corrected chi connectivity index (χ3v) is 9.95. The van der Waals surface area contributed by atoms with Crippen molar-refractivity contribution >= 4 is 34.3 Å². The highest BCUT2D eigenvalue weighted by Crippen LogP contribution is 2.52. The van der Waals surface area contributed by atoms with Crippen molar-refractivity contribution in [3.63, 3.8) is 0 Å². The van der Waals surface area contributed by atoms with Crippen molar-refractivity contribution in [2.45, 2.75) is 89.3 Å². The van der Waals surface area contributed by atoms with Gasteiger partial charge in [0.2, 0.25) is 5.88 Å². The zero-order valence-corrected chi connectivity index (χ0v) is 24.6. The zero-order valence-electron chi connectivity index (χ0n) is 23.8. The number of pyridine rings is 1. The number of carbonyl (C=O) groups excluding carboxylic acids is 1. The zero-order chi connectivity index (χ0) is 28.8. The van der Waals surface area contributed by atoms with Gasteiger partial charge in [0, 0.05) is 19.5 Å². The van der Waals surface area contributed by atoms with Gasteiger partial charge in [-0.05, 0) is 71.8 Å². The van der Waals surface area contributed by atoms with Gasteiger partial charge in [-0.1, -0.05) is 11.6 Å². The van der Waals surface area contributed by atoms with Crippen LogP contribution >= 0.6 is 11.6 Å². The lowest BCUT2D eigenvalue weighted by Crippen LogP contribution is -2.57. The molecule has 1 saturated carbocycles. The number of hydrogen-bond acceptors (Lipinski definition) is 9. The Morgan fingerprint density at radius 1 is 1.22 bits per heavy atom. The molecular formula is C29H36ClF2N5O4. The topological polar surface area (TPSA) is 89.9 Å². The Morgan fingerprint density at radius 2 is 2.02 bits per heavy atom. The maximum atomic E-state index is 15.5. The summed E-state index contributed by atoms with van der Waals surface area (Å²) in [5, 5.41) is -0.00554. The maximum Gasteiger partial charge on any atom is 0.319 e. The summed E-state index contributed by atoms with van der Waals surface area (Å²) in [5.41, 5.74) is -1.02. The van der Waals surface area contributed by atoms with Gasteiger partial charge in [-0.3, -0.25) is 9.69 Å². The van der Waals surface area contributed by atoms with Crippen molar-refractivity contribution in [2.24, 2.45) is 17.8 Å². The van der Waals surface area contributed by atoms with E-state index >= 15 is 4.39 Å². The van der Waals surface area contributed by atoms with Crippen LogP contribution in [-0.4, -0.2) is 81.5 Å². The van der Waals surface area contributed by atoms with Crippen LogP contribution in [0.1, 0.15) is 59.8 Å². The van der Waals surface area contributed by atoms with Crippen LogP contribution in [-0.2, 0) is 9.53 Å². The minimum absolute atomic E-state index is 0.0121. The molecule has 2 aromatic heterocycles. The van der Waals surface area contributed by atoms with Gasteiger partial charge in [0.05, 0.1) is 17.5 Å². The number of esters is 1. The van der Waals surface area contributed by atoms with Gasteiger partial charge in [-0.2, -0.15) is 15.0 Å². The van der Waals surface area contributed by atoms with Gasteiger partial charge in [-0.25, -0.2) is 8.78 Å². The summed E-state index contributed by atoms with van der Waals surface area (Å²) in [7, 11) is 0. The molecule has 41 heavy (non-hydrogen) atoms. The molecule has 0 amide bonds. The molecule has 1 aliphatic carbocycles. The largest absolute Gasteiger partial charge is 0.472 e. The molecule has 3 saturated heterocycles. The molecule has 0 spiro atoms. The van der Waals surface area contributed by atoms with Crippen LogP contribution in [0.5, 0.6) is 11.9 Å². The molecule has 0 radical (unpaired) electrons. The quantitative estimate of drug-likeness (QED) is 0.370. The molecule has 0 aromatic carbocycles. The van der Waals surface area contributed by atoms with Crippen molar-refractivity contribution in [1.82, 2.24) is 19.9 Å². The van der Waals surface area contributed by atoms with E-state index in [1.807, 2.05) is 27.7 Å². The standard InChI is InChI=1S/C29H36ClF2N5O4/c1-14-22-17-7-6-15(18(17)26(38)41-28(2,3)4)11-37(22)24-19-21(20(32)23(30)34-25(19)40-14)33-27(35-24)39-13-29-8-5-9-36(29)12-16(31)10-29/h14-18,22H,5-13H2,1-4H3/t14-,15+,16+,17+,18?,22?,29-/m0/s1. The molecule has 4 aliphatic heterocycles. The number of piperidine rings is 1. The number of hydrogen-bond donors (Lipinski definition) is 0. The summed E-state index contributed by atoms with van der Waals surface area (Å²) in [5.74, 6) is -0.605. The molecule has 4 fully saturated rings. The second kappa shape index (κ2) is 9.49. The number of halogens is 3. The first kappa shape index (κ1) is 27.3. The Labute approximate surface area is 242 Å². The van der Waals surface area contributed by atoms with E-state index < -0.39 is 29.2 Å². The van der Waals surface area contributed by atoms with Gasteiger partial charge >= 0.3 is 12.0 Å². The number of alkyl halides is 1. The van der Waals surface area contributed by atoms with Crippen molar-refractivity contribution in [3.05, 3.63) is 11.0 Å². The van der Waals surface area contributed by atoms with Crippen LogP contribution in [0.3, 0.4) is 0 Å². The maximum absolute atomic E-state index is 15.5. The number of anilines is 1. The number of rotatable bonds is 4. The monoisotopic (exact) mass is 591 g/mol. The van der Waals surface area contributed by atoms with E-state index in [2.05, 4.69) is 19.8 Å². The molecule has 7 atom stereocenters. The number of aromatic nitrogens is 3. The Bertz CT molecular complexity index is 1410. The third kappa shape index (κ3) is 4.40. The minimum atomic E-state index is -0.896. The first-order valence-corrected chi connectivity index (χ1v) is 15.1. The van der Waals surface area contributed by atoms with E-state index in [1.54, 1.807) is 0 Å². The molecule has 222 valence electrons. The summed E-state index contributed by atoms with van der Waals surface area (Å²) in [6.07, 6.45) is 2.62. The van der Waals surface area contributed by atoms with Crippen LogP contribution in [0.15, 0.2) is 0 Å². The smallest absolute Gasteiger partial charge is 0.319 e. The van der Waals surface area contributed by atoms with Crippen molar-refractivity contribution in [2.75, 3.05) is 31.1 Å². The average molecular weight is 592 g/mol. The lowest BCUT2D eigenvalue weighted by Gasteiger charge is -2.45. The van der Waals surface area contributed by atoms with E-state index in [9.17, 15) is 9.18 Å². The number of carbonyl (C=O) groups is 1. The predicted molar refractivity (Wildman–Crippen MR) is 148 cm³/mol. The summed E-state index contributed by atoms with van der Waals surface area (Å²) < 4.78 is 48.2. The third-order valence-electron chi connectivity index (χ3n) is 9.70. The minimum Gasteiger partial charge on any atom is -0.472 e. The van der Waals surface area contributed by atoms with Gasteiger partial charge in [0.1, 0.15) is 41.2 Å². The Kier molecular flexibility index (Phi) is 6.32. The molecule has 9 nitrogen and oxygen atoms in total. The van der Waals surface area contributed by atoms with E-state index in [0.29, 0.717) is 30.7 Å². The lowest BCUT2D eigenvalue weighted by atomic mass is 9.78. The number of nitrogens with zero attached hydrogens (tertiary/aromatic N) is 5. The highest BCUT2D eigenvalue weighted by atomic mass is 35.5. The normalized spacial score (nSPS) is 34.3. The molecule has 7 rings (SSSR count). The summed E-state index contributed by atoms with van der Waals surface area (Å²) in [6.45, 7) is 9.54. The van der Waals surface area contributed by atoms with Crippen molar-refractivity contribution in [1.29, 1.82) is 0 Å². The molecule has 6 heterocycles. The SMILES string of the molecule is C[C@@H]1Oc2nc(Cl)c(F)c3nc(OC[C@@]45CCCN4C[C@H](F)C5)nc(c23)N2C[C@H]3CC[C@H](C3C(=O)OC(C)(C)C)C12. The first-order chi connectivity index (χ1) is 19.4. The van der Waals surface area contributed by atoms with Crippen LogP contribution in [0, 0.1) is 23.6 Å². The second-order valence-corrected chi connectivity index (χ2v) is 13.8. The van der Waals surface area contributed by atoms with E-state index in [4.69, 9.17) is 30.8 Å². The molecular weight excluding hydrogens is 556 g/mol. The van der Waals surface area contributed by atoms with Gasteiger partial charge in [-0.15, -0.1) is 0 Å². The summed E-state index contributed by atoms with van der Waals surface area (Å²) >= 11 is 6.22. The van der Waals surface area contributed by atoms with Gasteiger partial charge in [0.25, 0.3) is 0 Å². The Morgan fingerprint density at radius 3 is 2.80 bits per heavy atom. The van der Waals surface area contributed by atoms with Gasteiger partial charge < -0.3 is 19.1 Å². The van der Waals surface area contributed by atoms with E-state index in [0.717, 1.165) is 32.2 Å². The van der Waals surface area contributed by atoms with Crippen LogP contribution in [0.25, 0.3) is 10.9 Å². The lowest BCUT2D eigenvalue weighted by molar-refractivity contribution is -0.164. The molecule has 2 bridgehead atoms. The van der Waals surface area contributed by atoms with Crippen molar-refractivity contribution < 1.29 is 27.8 Å². The second-order valence-electron chi connectivity index (χ2n) is 13.5. The predicted octanol–water partition coefficient (Wildman–Crippen LogP) is 4.73. The highest BCUT2D eigenvalue weighted by molar-refractivity contribution is 6.30. The fraction of sp³-hybridized carbons (Fsp3) is 0.724. The number of ether oxygens (including phenoxy) is 3. The molecule has 0 N–H and O–H groups in total. The van der Waals surface area contributed by atoms with Crippen molar-refractivity contribution in [3.8, 4) is 11.9 Å². The Hall–Kier alpha value is -2.53.